The van der Waals surface area contributed by atoms with Crippen molar-refractivity contribution in [2.24, 2.45) is 11.7 Å². The van der Waals surface area contributed by atoms with Crippen molar-refractivity contribution >= 4 is 5.91 Å². The Morgan fingerprint density at radius 2 is 2.06 bits per heavy atom. The second-order valence-corrected chi connectivity index (χ2v) is 5.15. The van der Waals surface area contributed by atoms with Gasteiger partial charge in [0.25, 0.3) is 0 Å². The molecule has 0 heterocycles. The third kappa shape index (κ3) is 2.09. The molecule has 4 heteroatoms. The predicted molar refractivity (Wildman–Crippen MR) is 64.0 cm³/mol. The fourth-order valence-corrected chi connectivity index (χ4v) is 2.65. The number of hydrogen-bond acceptors (Lipinski definition) is 3. The normalized spacial score (nSPS) is 24.4. The Kier molecular flexibility index (Phi) is 3.22. The van der Waals surface area contributed by atoms with Gasteiger partial charge in [-0.15, -0.1) is 0 Å². The lowest BCUT2D eigenvalue weighted by molar-refractivity contribution is -0.126. The van der Waals surface area contributed by atoms with Crippen LogP contribution in [0.3, 0.4) is 0 Å². The zero-order valence-corrected chi connectivity index (χ0v) is 10.3. The average Bonchev–Trinajstić information content (AvgIpc) is 3.11. The number of nitrogens with two attached hydrogens (primary N) is 1. The van der Waals surface area contributed by atoms with Crippen molar-refractivity contribution in [3.8, 4) is 0 Å². The van der Waals surface area contributed by atoms with Crippen LogP contribution in [0.5, 0.6) is 0 Å². The van der Waals surface area contributed by atoms with Gasteiger partial charge in [0, 0.05) is 12.6 Å². The molecule has 0 aromatic carbocycles. The topological polar surface area (TPSA) is 58.4 Å². The highest BCUT2D eigenvalue weighted by Crippen LogP contribution is 2.41. The molecule has 4 nitrogen and oxygen atoms in total. The van der Waals surface area contributed by atoms with E-state index in [1.807, 2.05) is 7.05 Å². The van der Waals surface area contributed by atoms with Crippen molar-refractivity contribution in [3.63, 3.8) is 0 Å². The number of likely N-dealkylation sites (N-methyl/N-ethyl adjacent to an activating group) is 2. The number of hydrogen-bond donors (Lipinski definition) is 2. The van der Waals surface area contributed by atoms with Gasteiger partial charge >= 0.3 is 0 Å². The lowest BCUT2D eigenvalue weighted by Crippen LogP contribution is -2.62. The van der Waals surface area contributed by atoms with Gasteiger partial charge in [-0.05, 0) is 45.2 Å². The molecule has 1 unspecified atom stereocenters. The van der Waals surface area contributed by atoms with Crippen LogP contribution in [0.15, 0.2) is 0 Å². The molecule has 0 saturated heterocycles. The summed E-state index contributed by atoms with van der Waals surface area (Å²) < 4.78 is 0. The Labute approximate surface area is 97.6 Å². The number of primary amides is 1. The lowest BCUT2D eigenvalue weighted by Gasteiger charge is -2.36. The highest BCUT2D eigenvalue weighted by Gasteiger charge is 2.50. The molecule has 2 fully saturated rings. The molecular weight excluding hydrogens is 202 g/mol. The number of nitrogens with zero attached hydrogens (tertiary/aromatic N) is 1. The first-order valence-electron chi connectivity index (χ1n) is 6.37. The van der Waals surface area contributed by atoms with Gasteiger partial charge in [0.1, 0.15) is 5.54 Å². The number of carbonyl (C=O) groups excluding carboxylic acids is 1. The van der Waals surface area contributed by atoms with Crippen molar-refractivity contribution in [2.45, 2.75) is 44.2 Å². The van der Waals surface area contributed by atoms with Crippen LogP contribution in [0.2, 0.25) is 0 Å². The first-order chi connectivity index (χ1) is 7.64. The van der Waals surface area contributed by atoms with Gasteiger partial charge < -0.3 is 11.1 Å². The van der Waals surface area contributed by atoms with E-state index in [0.29, 0.717) is 12.0 Å². The van der Waals surface area contributed by atoms with Gasteiger partial charge in [-0.3, -0.25) is 9.69 Å². The van der Waals surface area contributed by atoms with Crippen LogP contribution < -0.4 is 11.1 Å². The molecule has 92 valence electrons. The molecule has 0 spiro atoms. The fraction of sp³-hybridized carbons (Fsp3) is 0.917. The minimum Gasteiger partial charge on any atom is -0.368 e. The molecule has 0 aromatic heterocycles. The van der Waals surface area contributed by atoms with Gasteiger partial charge in [-0.2, -0.15) is 0 Å². The van der Waals surface area contributed by atoms with E-state index in [4.69, 9.17) is 5.73 Å². The fourth-order valence-electron chi connectivity index (χ4n) is 2.65. The van der Waals surface area contributed by atoms with Crippen LogP contribution in [0.4, 0.5) is 0 Å². The first-order valence-corrected chi connectivity index (χ1v) is 6.37. The number of rotatable bonds is 7. The maximum atomic E-state index is 11.8. The molecule has 0 aliphatic heterocycles. The van der Waals surface area contributed by atoms with E-state index in [0.717, 1.165) is 25.9 Å². The Morgan fingerprint density at radius 3 is 2.38 bits per heavy atom. The molecule has 2 aliphatic carbocycles. The van der Waals surface area contributed by atoms with Gasteiger partial charge in [-0.25, -0.2) is 0 Å². The number of nitrogens with one attached hydrogen (secondary N) is 1. The molecule has 3 N–H and O–H groups in total. The van der Waals surface area contributed by atoms with Crippen molar-refractivity contribution in [1.29, 1.82) is 0 Å². The molecule has 1 atom stereocenters. The maximum absolute atomic E-state index is 11.8. The molecule has 2 rings (SSSR count). The minimum absolute atomic E-state index is 0.184. The number of carbonyl (C=O) groups is 1. The number of amides is 1. The Bertz CT molecular complexity index is 273. The molecule has 16 heavy (non-hydrogen) atoms. The van der Waals surface area contributed by atoms with Crippen molar-refractivity contribution < 1.29 is 4.79 Å². The van der Waals surface area contributed by atoms with Crippen molar-refractivity contribution in [2.75, 3.05) is 20.1 Å². The summed E-state index contributed by atoms with van der Waals surface area (Å²) in [5, 5.41) is 3.21. The Morgan fingerprint density at radius 1 is 1.44 bits per heavy atom. The molecule has 2 saturated carbocycles. The third-order valence-corrected chi connectivity index (χ3v) is 4.08. The minimum atomic E-state index is -0.487. The van der Waals surface area contributed by atoms with E-state index in [-0.39, 0.29) is 5.91 Å². The highest BCUT2D eigenvalue weighted by atomic mass is 16.1. The molecular formula is C12H23N3O. The molecule has 2 aliphatic rings. The summed E-state index contributed by atoms with van der Waals surface area (Å²) in [6.07, 6.45) is 4.81. The van der Waals surface area contributed by atoms with Gasteiger partial charge in [0.2, 0.25) is 5.91 Å². The highest BCUT2D eigenvalue weighted by molar-refractivity contribution is 5.86. The van der Waals surface area contributed by atoms with E-state index < -0.39 is 5.54 Å². The second kappa shape index (κ2) is 4.34. The van der Waals surface area contributed by atoms with E-state index in [2.05, 4.69) is 17.1 Å². The molecule has 0 bridgehead atoms. The van der Waals surface area contributed by atoms with E-state index >= 15 is 0 Å². The van der Waals surface area contributed by atoms with Crippen LogP contribution in [-0.4, -0.2) is 42.5 Å². The van der Waals surface area contributed by atoms with Gasteiger partial charge in [-0.1, -0.05) is 6.92 Å². The van der Waals surface area contributed by atoms with E-state index in [1.165, 1.54) is 12.8 Å². The first kappa shape index (κ1) is 11.9. The third-order valence-electron chi connectivity index (χ3n) is 4.08. The monoisotopic (exact) mass is 225 g/mol. The summed E-state index contributed by atoms with van der Waals surface area (Å²) in [5.41, 5.74) is 5.13. The van der Waals surface area contributed by atoms with E-state index in [1.54, 1.807) is 0 Å². The SMILES string of the molecule is CCN(CC(NC)(C(N)=O)C1CC1)C1CC1. The largest absolute Gasteiger partial charge is 0.368 e. The Balaban J connectivity index is 2.08. The smallest absolute Gasteiger partial charge is 0.239 e. The van der Waals surface area contributed by atoms with Crippen molar-refractivity contribution in [1.82, 2.24) is 10.2 Å². The quantitative estimate of drug-likeness (QED) is 0.656. The zero-order chi connectivity index (χ0) is 11.8. The van der Waals surface area contributed by atoms with Crippen LogP contribution in [0.1, 0.15) is 32.6 Å². The van der Waals surface area contributed by atoms with Crippen LogP contribution in [0, 0.1) is 5.92 Å². The van der Waals surface area contributed by atoms with Crippen molar-refractivity contribution in [3.05, 3.63) is 0 Å². The summed E-state index contributed by atoms with van der Waals surface area (Å²) in [6.45, 7) is 3.95. The van der Waals surface area contributed by atoms with Gasteiger partial charge in [0.15, 0.2) is 0 Å². The zero-order valence-electron chi connectivity index (χ0n) is 10.3. The second-order valence-electron chi connectivity index (χ2n) is 5.15. The standard InChI is InChI=1S/C12H23N3O/c1-3-15(10-6-7-10)8-12(14-2,11(13)16)9-4-5-9/h9-10,14H,3-8H2,1-2H3,(H2,13,16). The van der Waals surface area contributed by atoms with Gasteiger partial charge in [0.05, 0.1) is 0 Å². The Hall–Kier alpha value is -0.610. The predicted octanol–water partition coefficient (Wildman–Crippen LogP) is 0.324. The summed E-state index contributed by atoms with van der Waals surface area (Å²) in [6, 6.07) is 0.691. The molecule has 0 radical (unpaired) electrons. The molecule has 1 amide bonds. The summed E-state index contributed by atoms with van der Waals surface area (Å²) in [7, 11) is 1.86. The average molecular weight is 225 g/mol. The van der Waals surface area contributed by atoms with Crippen LogP contribution in [0.25, 0.3) is 0 Å². The van der Waals surface area contributed by atoms with E-state index in [9.17, 15) is 4.79 Å². The van der Waals surface area contributed by atoms with Crippen LogP contribution in [-0.2, 0) is 4.79 Å². The van der Waals surface area contributed by atoms with Crippen LogP contribution >= 0.6 is 0 Å². The lowest BCUT2D eigenvalue weighted by atomic mass is 9.91. The summed E-state index contributed by atoms with van der Waals surface area (Å²) in [4.78, 5) is 14.2. The summed E-state index contributed by atoms with van der Waals surface area (Å²) in [5.74, 6) is 0.263. The molecule has 0 aromatic rings. The maximum Gasteiger partial charge on any atom is 0.239 e. The summed E-state index contributed by atoms with van der Waals surface area (Å²) >= 11 is 0.